The average Bonchev–Trinajstić information content (AvgIpc) is 3.02. The molecule has 7 heteroatoms. The first-order valence-corrected chi connectivity index (χ1v) is 9.76. The van der Waals surface area contributed by atoms with Crippen molar-refractivity contribution in [3.05, 3.63) is 18.2 Å². The zero-order chi connectivity index (χ0) is 16.7. The maximum Gasteiger partial charge on any atom is 0.245 e. The van der Waals surface area contributed by atoms with E-state index < -0.39 is 10.0 Å². The lowest BCUT2D eigenvalue weighted by atomic mass is 10.2. The largest absolute Gasteiger partial charge is 0.245 e. The van der Waals surface area contributed by atoms with Crippen LogP contribution in [0.5, 0.6) is 0 Å². The average molecular weight is 339 g/mol. The number of sulfonamides is 1. The van der Waals surface area contributed by atoms with Gasteiger partial charge in [0, 0.05) is 13.1 Å². The Morgan fingerprint density at radius 2 is 1.65 bits per heavy atom. The van der Waals surface area contributed by atoms with E-state index in [1.54, 1.807) is 22.5 Å². The molecular formula is C16H25N3O3S. The molecule has 0 spiro atoms. The van der Waals surface area contributed by atoms with E-state index in [1.165, 1.54) is 0 Å². The summed E-state index contributed by atoms with van der Waals surface area (Å²) in [7, 11) is -3.59. The Bertz CT molecular complexity index is 702. The fraction of sp³-hybridized carbons (Fsp3) is 0.625. The van der Waals surface area contributed by atoms with Crippen LogP contribution in [0.15, 0.2) is 27.7 Å². The number of benzene rings is 1. The first kappa shape index (κ1) is 17.9. The number of nitrogens with zero attached hydrogens (tertiary/aromatic N) is 3. The Labute approximate surface area is 137 Å². The fourth-order valence-electron chi connectivity index (χ4n) is 2.56. The molecule has 2 rings (SSSR count). The summed E-state index contributed by atoms with van der Waals surface area (Å²) in [5, 5.41) is 7.50. The molecule has 0 atom stereocenters. The van der Waals surface area contributed by atoms with Crippen LogP contribution >= 0.6 is 0 Å². The van der Waals surface area contributed by atoms with Crippen molar-refractivity contribution < 1.29 is 13.0 Å². The van der Waals surface area contributed by atoms with E-state index in [0.29, 0.717) is 24.1 Å². The predicted molar refractivity (Wildman–Crippen MR) is 89.6 cm³/mol. The normalized spacial score (nSPS) is 12.3. The van der Waals surface area contributed by atoms with Crippen molar-refractivity contribution in [2.45, 2.75) is 57.3 Å². The first-order chi connectivity index (χ1) is 11.1. The second-order valence-corrected chi connectivity index (χ2v) is 7.61. The molecule has 0 saturated heterocycles. The Kier molecular flexibility index (Phi) is 6.53. The molecule has 0 saturated carbocycles. The zero-order valence-corrected chi connectivity index (χ0v) is 14.7. The summed E-state index contributed by atoms with van der Waals surface area (Å²) >= 11 is 0. The molecule has 0 N–H and O–H groups in total. The van der Waals surface area contributed by atoms with Crippen molar-refractivity contribution in [2.24, 2.45) is 0 Å². The third-order valence-electron chi connectivity index (χ3n) is 3.89. The summed E-state index contributed by atoms with van der Waals surface area (Å²) in [4.78, 5) is 0.184. The highest BCUT2D eigenvalue weighted by Gasteiger charge is 2.27. The molecule has 23 heavy (non-hydrogen) atoms. The molecule has 0 aliphatic rings. The fourth-order valence-corrected chi connectivity index (χ4v) is 4.21. The molecule has 6 nitrogen and oxygen atoms in total. The second-order valence-electron chi connectivity index (χ2n) is 5.71. The molecule has 0 aliphatic carbocycles. The first-order valence-electron chi connectivity index (χ1n) is 8.32. The van der Waals surface area contributed by atoms with Gasteiger partial charge in [-0.05, 0) is 35.3 Å². The third-order valence-corrected chi connectivity index (χ3v) is 5.82. The lowest BCUT2D eigenvalue weighted by Gasteiger charge is -2.22. The van der Waals surface area contributed by atoms with E-state index in [4.69, 9.17) is 4.63 Å². The highest BCUT2D eigenvalue weighted by molar-refractivity contribution is 7.89. The molecule has 0 unspecified atom stereocenters. The molecule has 0 bridgehead atoms. The topological polar surface area (TPSA) is 76.3 Å². The van der Waals surface area contributed by atoms with Crippen molar-refractivity contribution in [1.29, 1.82) is 0 Å². The smallest absolute Gasteiger partial charge is 0.243 e. The highest BCUT2D eigenvalue weighted by atomic mass is 32.2. The number of hydrogen-bond acceptors (Lipinski definition) is 5. The minimum absolute atomic E-state index is 0.184. The lowest BCUT2D eigenvalue weighted by molar-refractivity contribution is 0.315. The summed E-state index contributed by atoms with van der Waals surface area (Å²) in [6, 6.07) is 4.95. The van der Waals surface area contributed by atoms with Gasteiger partial charge in [0.1, 0.15) is 10.4 Å². The van der Waals surface area contributed by atoms with Crippen molar-refractivity contribution >= 4 is 21.1 Å². The molecule has 128 valence electrons. The van der Waals surface area contributed by atoms with Gasteiger partial charge in [0.05, 0.1) is 0 Å². The summed E-state index contributed by atoms with van der Waals surface area (Å²) in [6.07, 6.45) is 5.91. The van der Waals surface area contributed by atoms with Crippen LogP contribution < -0.4 is 0 Å². The van der Waals surface area contributed by atoms with Crippen LogP contribution in [0.4, 0.5) is 0 Å². The molecule has 1 heterocycles. The number of fused-ring (bicyclic) bond motifs is 1. The van der Waals surface area contributed by atoms with Crippen molar-refractivity contribution in [2.75, 3.05) is 13.1 Å². The molecular weight excluding hydrogens is 314 g/mol. The van der Waals surface area contributed by atoms with Crippen LogP contribution in [-0.4, -0.2) is 36.1 Å². The summed E-state index contributed by atoms with van der Waals surface area (Å²) < 4.78 is 32.4. The summed E-state index contributed by atoms with van der Waals surface area (Å²) in [5.74, 6) is 0. The molecule has 0 aliphatic heterocycles. The lowest BCUT2D eigenvalue weighted by Crippen LogP contribution is -2.33. The Balaban J connectivity index is 2.28. The molecule has 0 amide bonds. The number of aromatic nitrogens is 2. The third kappa shape index (κ3) is 4.29. The van der Waals surface area contributed by atoms with Gasteiger partial charge in [-0.2, -0.15) is 4.31 Å². The monoisotopic (exact) mass is 339 g/mol. The summed E-state index contributed by atoms with van der Waals surface area (Å²) in [5.41, 5.74) is 0.775. The van der Waals surface area contributed by atoms with Gasteiger partial charge in [-0.3, -0.25) is 0 Å². The van der Waals surface area contributed by atoms with Crippen LogP contribution in [0, 0.1) is 0 Å². The highest BCUT2D eigenvalue weighted by Crippen LogP contribution is 2.24. The number of rotatable bonds is 10. The van der Waals surface area contributed by atoms with E-state index in [9.17, 15) is 8.42 Å². The standard InChI is InChI=1S/C16H25N3O3S/c1-3-5-7-12-19(13-8-6-4-2)23(20,21)15-11-9-10-14-16(15)18-22-17-14/h9-11H,3-8,12-13H2,1-2H3. The van der Waals surface area contributed by atoms with Gasteiger partial charge in [0.15, 0.2) is 5.52 Å². The van der Waals surface area contributed by atoms with Gasteiger partial charge in [0.2, 0.25) is 10.0 Å². The predicted octanol–water partition coefficient (Wildman–Crippen LogP) is 3.59. The van der Waals surface area contributed by atoms with Crippen LogP contribution in [-0.2, 0) is 10.0 Å². The Morgan fingerprint density at radius 1 is 1.00 bits per heavy atom. The van der Waals surface area contributed by atoms with Gasteiger partial charge in [-0.1, -0.05) is 45.6 Å². The van der Waals surface area contributed by atoms with Crippen LogP contribution in [0.25, 0.3) is 11.0 Å². The molecule has 0 radical (unpaired) electrons. The Hall–Kier alpha value is -1.47. The van der Waals surface area contributed by atoms with E-state index >= 15 is 0 Å². The van der Waals surface area contributed by atoms with Crippen molar-refractivity contribution in [1.82, 2.24) is 14.6 Å². The van der Waals surface area contributed by atoms with Crippen molar-refractivity contribution in [3.63, 3.8) is 0 Å². The number of hydrogen-bond donors (Lipinski definition) is 0. The zero-order valence-electron chi connectivity index (χ0n) is 13.9. The van der Waals surface area contributed by atoms with Gasteiger partial charge in [-0.15, -0.1) is 0 Å². The van der Waals surface area contributed by atoms with Crippen LogP contribution in [0.1, 0.15) is 52.4 Å². The quantitative estimate of drug-likeness (QED) is 0.618. The van der Waals surface area contributed by atoms with Crippen molar-refractivity contribution in [3.8, 4) is 0 Å². The van der Waals surface area contributed by atoms with Gasteiger partial charge < -0.3 is 0 Å². The second kappa shape index (κ2) is 8.40. The molecule has 2 aromatic rings. The Morgan fingerprint density at radius 3 is 2.26 bits per heavy atom. The SMILES string of the molecule is CCCCCN(CCCCC)S(=O)(=O)c1cccc2nonc12. The van der Waals surface area contributed by atoms with Gasteiger partial charge in [0.25, 0.3) is 0 Å². The van der Waals surface area contributed by atoms with E-state index in [2.05, 4.69) is 24.2 Å². The van der Waals surface area contributed by atoms with Gasteiger partial charge >= 0.3 is 0 Å². The van der Waals surface area contributed by atoms with E-state index in [0.717, 1.165) is 38.5 Å². The minimum Gasteiger partial charge on any atom is -0.243 e. The molecule has 0 fully saturated rings. The van der Waals surface area contributed by atoms with Crippen LogP contribution in [0.2, 0.25) is 0 Å². The minimum atomic E-state index is -3.59. The van der Waals surface area contributed by atoms with Crippen LogP contribution in [0.3, 0.4) is 0 Å². The van der Waals surface area contributed by atoms with E-state index in [1.807, 2.05) is 0 Å². The maximum absolute atomic E-state index is 13.0. The summed E-state index contributed by atoms with van der Waals surface area (Å²) in [6.45, 7) is 5.30. The molecule has 1 aromatic heterocycles. The van der Waals surface area contributed by atoms with E-state index in [-0.39, 0.29) is 4.90 Å². The van der Waals surface area contributed by atoms with Gasteiger partial charge in [-0.25, -0.2) is 13.0 Å². The number of unbranched alkanes of at least 4 members (excludes halogenated alkanes) is 4. The maximum atomic E-state index is 13.0. The molecule has 1 aromatic carbocycles.